The van der Waals surface area contributed by atoms with E-state index in [1.165, 1.54) is 11.3 Å². The molecule has 0 saturated carbocycles. The summed E-state index contributed by atoms with van der Waals surface area (Å²) in [5.41, 5.74) is 2.59. The molecule has 0 unspecified atom stereocenters. The van der Waals surface area contributed by atoms with Crippen LogP contribution in [0, 0.1) is 0 Å². The molecule has 0 aliphatic carbocycles. The molecule has 0 atom stereocenters. The fraction of sp³-hybridized carbons (Fsp3) is 0.625. The molecule has 0 radical (unpaired) electrons. The zero-order valence-corrected chi connectivity index (χ0v) is 13.8. The van der Waals surface area contributed by atoms with Crippen LogP contribution in [0.15, 0.2) is 24.3 Å². The van der Waals surface area contributed by atoms with Gasteiger partial charge in [-0.25, -0.2) is 13.1 Å². The van der Waals surface area contributed by atoms with Crippen molar-refractivity contribution in [3.8, 4) is 0 Å². The van der Waals surface area contributed by atoms with Crippen molar-refractivity contribution in [3.63, 3.8) is 0 Å². The molecule has 2 rings (SSSR count). The summed E-state index contributed by atoms with van der Waals surface area (Å²) in [6.45, 7) is 5.86. The predicted molar refractivity (Wildman–Crippen MR) is 88.3 cm³/mol. The summed E-state index contributed by atoms with van der Waals surface area (Å²) in [5, 5.41) is 0. The second-order valence-electron chi connectivity index (χ2n) is 5.72. The van der Waals surface area contributed by atoms with Gasteiger partial charge in [0, 0.05) is 24.8 Å². The van der Waals surface area contributed by atoms with Crippen LogP contribution in [0.5, 0.6) is 0 Å². The Morgan fingerprint density at radius 1 is 1.14 bits per heavy atom. The van der Waals surface area contributed by atoms with Crippen LogP contribution < -0.4 is 9.62 Å². The van der Waals surface area contributed by atoms with Gasteiger partial charge in [0.1, 0.15) is 0 Å². The molecule has 4 nitrogen and oxygen atoms in total. The summed E-state index contributed by atoms with van der Waals surface area (Å²) >= 11 is 0. The number of anilines is 1. The number of sulfonamides is 1. The van der Waals surface area contributed by atoms with Gasteiger partial charge in [-0.3, -0.25) is 0 Å². The fourth-order valence-electron chi connectivity index (χ4n) is 2.78. The predicted octanol–water partition coefficient (Wildman–Crippen LogP) is 2.55. The standard InChI is InChI=1S/C16H26N2O2S/c1-3-13-21(19,20)17-15-9-11-18(12-10-15)16-7-5-14(4-2)6-8-16/h5-8,15,17H,3-4,9-13H2,1-2H3. The molecule has 118 valence electrons. The SMILES string of the molecule is CCCS(=O)(=O)NC1CCN(c2ccc(CC)cc2)CC1. The van der Waals surface area contributed by atoms with E-state index in [2.05, 4.69) is 40.8 Å². The topological polar surface area (TPSA) is 49.4 Å². The van der Waals surface area contributed by atoms with E-state index < -0.39 is 10.0 Å². The highest BCUT2D eigenvalue weighted by atomic mass is 32.2. The molecule has 21 heavy (non-hydrogen) atoms. The molecule has 1 saturated heterocycles. The molecule has 1 aromatic carbocycles. The van der Waals surface area contributed by atoms with E-state index in [0.29, 0.717) is 6.42 Å². The lowest BCUT2D eigenvalue weighted by atomic mass is 10.0. The Balaban J connectivity index is 1.88. The van der Waals surface area contributed by atoms with E-state index in [9.17, 15) is 8.42 Å². The third-order valence-electron chi connectivity index (χ3n) is 4.02. The summed E-state index contributed by atoms with van der Waals surface area (Å²) < 4.78 is 26.4. The van der Waals surface area contributed by atoms with Crippen LogP contribution in [-0.2, 0) is 16.4 Å². The van der Waals surface area contributed by atoms with Crippen molar-refractivity contribution >= 4 is 15.7 Å². The minimum absolute atomic E-state index is 0.0905. The molecule has 1 aliphatic rings. The van der Waals surface area contributed by atoms with E-state index in [1.54, 1.807) is 0 Å². The molecular weight excluding hydrogens is 284 g/mol. The molecule has 1 aliphatic heterocycles. The summed E-state index contributed by atoms with van der Waals surface area (Å²) in [4.78, 5) is 2.34. The van der Waals surface area contributed by atoms with Crippen molar-refractivity contribution in [2.24, 2.45) is 0 Å². The van der Waals surface area contributed by atoms with Gasteiger partial charge in [0.2, 0.25) is 10.0 Å². The summed E-state index contributed by atoms with van der Waals surface area (Å²) in [5.74, 6) is 0.228. The van der Waals surface area contributed by atoms with Crippen molar-refractivity contribution in [1.29, 1.82) is 0 Å². The summed E-state index contributed by atoms with van der Waals surface area (Å²) in [6.07, 6.45) is 3.47. The molecule has 1 fully saturated rings. The van der Waals surface area contributed by atoms with Crippen molar-refractivity contribution in [3.05, 3.63) is 29.8 Å². The van der Waals surface area contributed by atoms with Crippen LogP contribution in [0.3, 0.4) is 0 Å². The van der Waals surface area contributed by atoms with Crippen LogP contribution >= 0.6 is 0 Å². The quantitative estimate of drug-likeness (QED) is 0.878. The maximum absolute atomic E-state index is 11.8. The van der Waals surface area contributed by atoms with Gasteiger partial charge >= 0.3 is 0 Å². The average Bonchev–Trinajstić information content (AvgIpc) is 2.48. The maximum atomic E-state index is 11.8. The minimum Gasteiger partial charge on any atom is -0.371 e. The number of aryl methyl sites for hydroxylation is 1. The molecular formula is C16H26N2O2S. The lowest BCUT2D eigenvalue weighted by Crippen LogP contribution is -2.45. The first-order valence-corrected chi connectivity index (χ1v) is 9.53. The minimum atomic E-state index is -3.09. The Bertz CT molecular complexity index is 532. The second-order valence-corrected chi connectivity index (χ2v) is 7.59. The first kappa shape index (κ1) is 16.3. The van der Waals surface area contributed by atoms with Gasteiger partial charge in [0.15, 0.2) is 0 Å². The van der Waals surface area contributed by atoms with E-state index in [-0.39, 0.29) is 11.8 Å². The lowest BCUT2D eigenvalue weighted by Gasteiger charge is -2.33. The molecule has 0 spiro atoms. The number of piperidine rings is 1. The monoisotopic (exact) mass is 310 g/mol. The number of nitrogens with zero attached hydrogens (tertiary/aromatic N) is 1. The van der Waals surface area contributed by atoms with Gasteiger partial charge < -0.3 is 4.90 Å². The van der Waals surface area contributed by atoms with Crippen molar-refractivity contribution in [2.45, 2.75) is 45.6 Å². The lowest BCUT2D eigenvalue weighted by molar-refractivity contribution is 0.460. The van der Waals surface area contributed by atoms with Crippen molar-refractivity contribution in [1.82, 2.24) is 4.72 Å². The number of rotatable bonds is 6. The normalized spacial score (nSPS) is 17.1. The number of benzene rings is 1. The van der Waals surface area contributed by atoms with E-state index >= 15 is 0 Å². The van der Waals surface area contributed by atoms with Gasteiger partial charge in [-0.15, -0.1) is 0 Å². The zero-order valence-electron chi connectivity index (χ0n) is 13.0. The molecule has 0 aromatic heterocycles. The van der Waals surface area contributed by atoms with Crippen LogP contribution in [-0.4, -0.2) is 33.3 Å². The maximum Gasteiger partial charge on any atom is 0.211 e. The van der Waals surface area contributed by atoms with E-state index in [1.807, 2.05) is 6.92 Å². The first-order valence-electron chi connectivity index (χ1n) is 7.88. The highest BCUT2D eigenvalue weighted by Crippen LogP contribution is 2.21. The van der Waals surface area contributed by atoms with Crippen molar-refractivity contribution in [2.75, 3.05) is 23.7 Å². The number of nitrogens with one attached hydrogen (secondary N) is 1. The Hall–Kier alpha value is -1.07. The van der Waals surface area contributed by atoms with Crippen LogP contribution in [0.2, 0.25) is 0 Å². The molecule has 1 heterocycles. The van der Waals surface area contributed by atoms with Gasteiger partial charge in [-0.1, -0.05) is 26.0 Å². The second kappa shape index (κ2) is 7.27. The van der Waals surface area contributed by atoms with Crippen LogP contribution in [0.25, 0.3) is 0 Å². The molecule has 1 aromatic rings. The third-order valence-corrected chi connectivity index (χ3v) is 5.66. The highest BCUT2D eigenvalue weighted by molar-refractivity contribution is 7.89. The number of hydrogen-bond acceptors (Lipinski definition) is 3. The molecule has 0 amide bonds. The Morgan fingerprint density at radius 3 is 2.29 bits per heavy atom. The Labute approximate surface area is 128 Å². The first-order chi connectivity index (χ1) is 10.0. The highest BCUT2D eigenvalue weighted by Gasteiger charge is 2.23. The number of hydrogen-bond donors (Lipinski definition) is 1. The third kappa shape index (κ3) is 4.71. The van der Waals surface area contributed by atoms with Crippen LogP contribution in [0.4, 0.5) is 5.69 Å². The van der Waals surface area contributed by atoms with Gasteiger partial charge in [0.25, 0.3) is 0 Å². The Morgan fingerprint density at radius 2 is 1.76 bits per heavy atom. The Kier molecular flexibility index (Phi) is 5.65. The largest absolute Gasteiger partial charge is 0.371 e. The van der Waals surface area contributed by atoms with E-state index in [0.717, 1.165) is 32.4 Å². The van der Waals surface area contributed by atoms with Crippen LogP contribution in [0.1, 0.15) is 38.7 Å². The van der Waals surface area contributed by atoms with Gasteiger partial charge in [-0.05, 0) is 43.4 Å². The van der Waals surface area contributed by atoms with Gasteiger partial charge in [0.05, 0.1) is 5.75 Å². The van der Waals surface area contributed by atoms with Gasteiger partial charge in [-0.2, -0.15) is 0 Å². The molecule has 1 N–H and O–H groups in total. The van der Waals surface area contributed by atoms with E-state index in [4.69, 9.17) is 0 Å². The summed E-state index contributed by atoms with van der Waals surface area (Å²) in [6, 6.07) is 8.77. The molecule has 0 bridgehead atoms. The van der Waals surface area contributed by atoms with Crippen molar-refractivity contribution < 1.29 is 8.42 Å². The zero-order chi connectivity index (χ0) is 15.3. The average molecular weight is 310 g/mol. The molecule has 5 heteroatoms. The summed E-state index contributed by atoms with van der Waals surface area (Å²) in [7, 11) is -3.09. The fourth-order valence-corrected chi connectivity index (χ4v) is 4.18. The smallest absolute Gasteiger partial charge is 0.211 e.